The molecular weight excluding hydrogens is 650 g/mol. The highest BCUT2D eigenvalue weighted by Gasteiger charge is 2.33. The van der Waals surface area contributed by atoms with Gasteiger partial charge in [-0.05, 0) is 55.4 Å². The van der Waals surface area contributed by atoms with Crippen LogP contribution in [0.3, 0.4) is 0 Å². The standard InChI is InChI=1S/C22H26F3N3OS.C10H10O3.2ClH/c23-22(24,25)17-6-7-21-19(16-17)28(18-4-1-2-5-20(18)30-21)9-3-8-26-10-12-27(13-11-26)14-15-29;1-13-9-5-3-2-4-8(9)6-7-10(11)12;;/h1-2,4-7,16,29H,3,8-15H2;2-7H,1H3,(H,11,12);2*1H. The summed E-state index contributed by atoms with van der Waals surface area (Å²) in [5.41, 5.74) is 1.77. The number of carbonyl (C=O) groups is 1. The van der Waals surface area contributed by atoms with E-state index in [2.05, 4.69) is 9.80 Å². The first-order valence-electron chi connectivity index (χ1n) is 14.0. The Morgan fingerprint density at radius 3 is 2.16 bits per heavy atom. The number of β-amino-alcohol motifs (C(OH)–C–C–N with tert-alkyl or cyclic N) is 1. The second-order valence-electron chi connectivity index (χ2n) is 10.1. The van der Waals surface area contributed by atoms with Gasteiger partial charge in [-0.15, -0.1) is 24.8 Å². The van der Waals surface area contributed by atoms with E-state index in [4.69, 9.17) is 14.9 Å². The number of alkyl halides is 3. The SMILES string of the molecule is COc1ccccc1C=CC(=O)O.Cl.Cl.OCCN1CCN(CCCN2c3ccccc3Sc3ccc(C(F)(F)F)cc32)CC1. The van der Waals surface area contributed by atoms with E-state index in [0.717, 1.165) is 66.3 Å². The molecule has 3 aromatic rings. The Morgan fingerprint density at radius 1 is 0.889 bits per heavy atom. The lowest BCUT2D eigenvalue weighted by Gasteiger charge is -2.36. The molecule has 0 amide bonds. The van der Waals surface area contributed by atoms with E-state index in [-0.39, 0.29) is 31.4 Å². The molecule has 2 N–H and O–H groups in total. The van der Waals surface area contributed by atoms with Crippen LogP contribution < -0.4 is 9.64 Å². The second-order valence-corrected chi connectivity index (χ2v) is 11.2. The van der Waals surface area contributed by atoms with E-state index in [1.54, 1.807) is 25.3 Å². The average molecular weight is 689 g/mol. The number of hydrogen-bond acceptors (Lipinski definition) is 7. The van der Waals surface area contributed by atoms with Crippen molar-refractivity contribution in [3.63, 3.8) is 0 Å². The number of fused-ring (bicyclic) bond motifs is 2. The molecule has 246 valence electrons. The molecule has 2 heterocycles. The summed E-state index contributed by atoms with van der Waals surface area (Å²) in [6.07, 6.45) is -0.899. The fourth-order valence-electron chi connectivity index (χ4n) is 5.04. The van der Waals surface area contributed by atoms with Crippen molar-refractivity contribution in [1.82, 2.24) is 9.80 Å². The van der Waals surface area contributed by atoms with Crippen molar-refractivity contribution < 1.29 is 32.9 Å². The summed E-state index contributed by atoms with van der Waals surface area (Å²) in [6, 6.07) is 19.2. The van der Waals surface area contributed by atoms with Crippen molar-refractivity contribution in [1.29, 1.82) is 0 Å². The molecule has 1 saturated heterocycles. The fourth-order valence-corrected chi connectivity index (χ4v) is 6.12. The second kappa shape index (κ2) is 18.3. The third-order valence-corrected chi connectivity index (χ3v) is 8.36. The number of halogens is 5. The van der Waals surface area contributed by atoms with Crippen LogP contribution >= 0.6 is 36.6 Å². The lowest BCUT2D eigenvalue weighted by Crippen LogP contribution is -2.47. The molecular formula is C32H38Cl2F3N3O4S. The molecule has 0 saturated carbocycles. The number of piperazine rings is 1. The largest absolute Gasteiger partial charge is 0.496 e. The van der Waals surface area contributed by atoms with Gasteiger partial charge < -0.3 is 24.7 Å². The smallest absolute Gasteiger partial charge is 0.416 e. The lowest BCUT2D eigenvalue weighted by molar-refractivity contribution is -0.137. The van der Waals surface area contributed by atoms with Crippen LogP contribution in [-0.2, 0) is 11.0 Å². The summed E-state index contributed by atoms with van der Waals surface area (Å²) in [7, 11) is 1.55. The predicted octanol–water partition coefficient (Wildman–Crippen LogP) is 6.94. The number of methoxy groups -OCH3 is 1. The van der Waals surface area contributed by atoms with Crippen molar-refractivity contribution >= 4 is 60.0 Å². The van der Waals surface area contributed by atoms with Crippen LogP contribution in [-0.4, -0.2) is 85.5 Å². The maximum atomic E-state index is 13.3. The van der Waals surface area contributed by atoms with Gasteiger partial charge in [-0.3, -0.25) is 4.90 Å². The van der Waals surface area contributed by atoms with Crippen LogP contribution in [0.5, 0.6) is 5.75 Å². The molecule has 7 nitrogen and oxygen atoms in total. The van der Waals surface area contributed by atoms with Gasteiger partial charge in [0.25, 0.3) is 0 Å². The van der Waals surface area contributed by atoms with Gasteiger partial charge in [0.05, 0.1) is 30.7 Å². The number of carboxylic acid groups (broad SMARTS) is 1. The number of carboxylic acids is 1. The highest BCUT2D eigenvalue weighted by atomic mass is 35.5. The molecule has 0 aliphatic carbocycles. The molecule has 2 aliphatic rings. The zero-order valence-electron chi connectivity index (χ0n) is 24.8. The number of benzene rings is 3. The monoisotopic (exact) mass is 687 g/mol. The summed E-state index contributed by atoms with van der Waals surface area (Å²) in [6.45, 7) is 6.29. The van der Waals surface area contributed by atoms with E-state index in [9.17, 15) is 18.0 Å². The number of nitrogens with zero attached hydrogens (tertiary/aromatic N) is 3. The van der Waals surface area contributed by atoms with E-state index in [1.165, 1.54) is 30.0 Å². The Kier molecular flexibility index (Phi) is 15.5. The number of para-hydroxylation sites is 2. The molecule has 13 heteroatoms. The van der Waals surface area contributed by atoms with E-state index in [0.29, 0.717) is 24.5 Å². The van der Waals surface area contributed by atoms with Crippen molar-refractivity contribution in [2.24, 2.45) is 0 Å². The molecule has 0 radical (unpaired) electrons. The molecule has 1 fully saturated rings. The van der Waals surface area contributed by atoms with Gasteiger partial charge in [0.2, 0.25) is 0 Å². The summed E-state index contributed by atoms with van der Waals surface area (Å²) in [5.74, 6) is -0.300. The number of ether oxygens (including phenoxy) is 1. The molecule has 0 spiro atoms. The Balaban J connectivity index is 0.000000400. The Bertz CT molecular complexity index is 1410. The molecule has 0 atom stereocenters. The normalized spacial score (nSPS) is 14.7. The minimum Gasteiger partial charge on any atom is -0.496 e. The summed E-state index contributed by atoms with van der Waals surface area (Å²) < 4.78 is 45.0. The predicted molar refractivity (Wildman–Crippen MR) is 178 cm³/mol. The van der Waals surface area contributed by atoms with E-state index in [1.807, 2.05) is 41.3 Å². The maximum Gasteiger partial charge on any atom is 0.416 e. The average Bonchev–Trinajstić information content (AvgIpc) is 3.00. The van der Waals surface area contributed by atoms with Gasteiger partial charge in [0.1, 0.15) is 5.75 Å². The Hall–Kier alpha value is -2.93. The number of aliphatic carboxylic acids is 1. The van der Waals surface area contributed by atoms with Crippen LogP contribution in [0.2, 0.25) is 0 Å². The van der Waals surface area contributed by atoms with E-state index < -0.39 is 17.7 Å². The zero-order valence-corrected chi connectivity index (χ0v) is 27.2. The summed E-state index contributed by atoms with van der Waals surface area (Å²) in [5, 5.41) is 17.5. The molecule has 5 rings (SSSR count). The molecule has 45 heavy (non-hydrogen) atoms. The Morgan fingerprint density at radius 2 is 1.51 bits per heavy atom. The third-order valence-electron chi connectivity index (χ3n) is 7.23. The van der Waals surface area contributed by atoms with E-state index >= 15 is 0 Å². The summed E-state index contributed by atoms with van der Waals surface area (Å²) >= 11 is 1.53. The van der Waals surface area contributed by atoms with Gasteiger partial charge >= 0.3 is 12.1 Å². The summed E-state index contributed by atoms with van der Waals surface area (Å²) in [4.78, 5) is 18.9. The van der Waals surface area contributed by atoms with Crippen molar-refractivity contribution in [3.05, 3.63) is 83.9 Å². The van der Waals surface area contributed by atoms with Crippen molar-refractivity contribution in [3.8, 4) is 5.75 Å². The minimum absolute atomic E-state index is 0. The first-order valence-corrected chi connectivity index (χ1v) is 14.9. The number of rotatable bonds is 9. The van der Waals surface area contributed by atoms with Gasteiger partial charge in [0, 0.05) is 60.7 Å². The number of hydrogen-bond donors (Lipinski definition) is 2. The zero-order chi connectivity index (χ0) is 30.8. The highest BCUT2D eigenvalue weighted by molar-refractivity contribution is 7.99. The number of aliphatic hydroxyl groups excluding tert-OH is 1. The van der Waals surface area contributed by atoms with Crippen molar-refractivity contribution in [2.75, 3.05) is 64.4 Å². The third kappa shape index (κ3) is 10.8. The molecule has 3 aromatic carbocycles. The molecule has 0 bridgehead atoms. The van der Waals surface area contributed by atoms with Gasteiger partial charge in [0.15, 0.2) is 0 Å². The van der Waals surface area contributed by atoms with Gasteiger partial charge in [-0.2, -0.15) is 13.2 Å². The van der Waals surface area contributed by atoms with Crippen LogP contribution in [0, 0.1) is 0 Å². The van der Waals surface area contributed by atoms with Crippen LogP contribution in [0.15, 0.2) is 82.6 Å². The van der Waals surface area contributed by atoms with Gasteiger partial charge in [-0.25, -0.2) is 4.79 Å². The molecule has 0 unspecified atom stereocenters. The quantitative estimate of drug-likeness (QED) is 0.234. The highest BCUT2D eigenvalue weighted by Crippen LogP contribution is 2.49. The Labute approximate surface area is 278 Å². The minimum atomic E-state index is -4.35. The first-order chi connectivity index (χ1) is 20.7. The fraction of sp³-hybridized carbons (Fsp3) is 0.344. The van der Waals surface area contributed by atoms with Crippen molar-refractivity contribution in [2.45, 2.75) is 22.4 Å². The van der Waals surface area contributed by atoms with Crippen LogP contribution in [0.1, 0.15) is 17.5 Å². The number of anilines is 2. The molecule has 2 aliphatic heterocycles. The van der Waals surface area contributed by atoms with Crippen LogP contribution in [0.4, 0.5) is 24.5 Å². The first kappa shape index (κ1) is 38.3. The van der Waals surface area contributed by atoms with Gasteiger partial charge in [-0.1, -0.05) is 42.1 Å². The number of aliphatic hydroxyl groups is 1. The topological polar surface area (TPSA) is 76.5 Å². The van der Waals surface area contributed by atoms with Crippen LogP contribution in [0.25, 0.3) is 6.08 Å². The molecule has 0 aromatic heterocycles. The maximum absolute atomic E-state index is 13.3. The lowest BCUT2D eigenvalue weighted by atomic mass is 10.1.